The van der Waals surface area contributed by atoms with Crippen LogP contribution in [0.5, 0.6) is 0 Å². The minimum atomic E-state index is -0.0533. The maximum atomic E-state index is 12.3. The lowest BCUT2D eigenvalue weighted by Gasteiger charge is -2.23. The Hall–Kier alpha value is -1.92. The maximum Gasteiger partial charge on any atom is 0.251 e. The Balaban J connectivity index is 1.47. The first-order valence-electron chi connectivity index (χ1n) is 9.22. The molecule has 6 nitrogen and oxygen atoms in total. The van der Waals surface area contributed by atoms with Crippen molar-refractivity contribution in [2.45, 2.75) is 50.6 Å². The molecule has 2 aliphatic rings. The van der Waals surface area contributed by atoms with Crippen LogP contribution in [0.4, 0.5) is 5.69 Å². The number of hydrogen-bond donors (Lipinski definition) is 3. The van der Waals surface area contributed by atoms with Gasteiger partial charge in [0, 0.05) is 36.3 Å². The molecular weight excluding hydrogens is 318 g/mol. The van der Waals surface area contributed by atoms with E-state index in [9.17, 15) is 9.59 Å². The highest BCUT2D eigenvalue weighted by molar-refractivity contribution is 5.96. The van der Waals surface area contributed by atoms with Crippen LogP contribution in [0.2, 0.25) is 0 Å². The van der Waals surface area contributed by atoms with Gasteiger partial charge >= 0.3 is 0 Å². The van der Waals surface area contributed by atoms with Crippen molar-refractivity contribution in [1.29, 1.82) is 0 Å². The summed E-state index contributed by atoms with van der Waals surface area (Å²) in [6.45, 7) is 2.04. The van der Waals surface area contributed by atoms with Crippen molar-refractivity contribution < 1.29 is 14.3 Å². The van der Waals surface area contributed by atoms with Crippen molar-refractivity contribution >= 4 is 17.5 Å². The molecule has 1 atom stereocenters. The SMILES string of the molecule is O=C(CC1COCCN1)Nc1ccc(C(=O)NC2CCCCC2)cc1. The third kappa shape index (κ3) is 5.54. The first kappa shape index (κ1) is 17.9. The second-order valence-corrected chi connectivity index (χ2v) is 6.86. The zero-order valence-electron chi connectivity index (χ0n) is 14.6. The molecule has 3 rings (SSSR count). The molecule has 3 N–H and O–H groups in total. The number of hydrogen-bond acceptors (Lipinski definition) is 4. The van der Waals surface area contributed by atoms with Gasteiger partial charge in [-0.05, 0) is 37.1 Å². The van der Waals surface area contributed by atoms with Crippen molar-refractivity contribution in [3.05, 3.63) is 29.8 Å². The number of amides is 2. The van der Waals surface area contributed by atoms with Crippen LogP contribution in [-0.2, 0) is 9.53 Å². The number of rotatable bonds is 5. The Bertz CT molecular complexity index is 576. The van der Waals surface area contributed by atoms with Gasteiger partial charge in [-0.2, -0.15) is 0 Å². The van der Waals surface area contributed by atoms with E-state index in [2.05, 4.69) is 16.0 Å². The van der Waals surface area contributed by atoms with Gasteiger partial charge in [-0.3, -0.25) is 9.59 Å². The van der Waals surface area contributed by atoms with E-state index >= 15 is 0 Å². The van der Waals surface area contributed by atoms with Gasteiger partial charge in [0.2, 0.25) is 5.91 Å². The van der Waals surface area contributed by atoms with E-state index in [1.165, 1.54) is 19.3 Å². The lowest BCUT2D eigenvalue weighted by Crippen LogP contribution is -2.43. The van der Waals surface area contributed by atoms with Crippen LogP contribution in [0, 0.1) is 0 Å². The molecule has 1 aromatic carbocycles. The fourth-order valence-electron chi connectivity index (χ4n) is 3.41. The largest absolute Gasteiger partial charge is 0.378 e. The van der Waals surface area contributed by atoms with Gasteiger partial charge in [0.1, 0.15) is 0 Å². The summed E-state index contributed by atoms with van der Waals surface area (Å²) in [6.07, 6.45) is 6.17. The molecule has 1 aromatic rings. The number of carbonyl (C=O) groups is 2. The van der Waals surface area contributed by atoms with E-state index < -0.39 is 0 Å². The van der Waals surface area contributed by atoms with Gasteiger partial charge in [0.25, 0.3) is 5.91 Å². The smallest absolute Gasteiger partial charge is 0.251 e. The van der Waals surface area contributed by atoms with Crippen molar-refractivity contribution in [2.75, 3.05) is 25.1 Å². The molecule has 0 aromatic heterocycles. The van der Waals surface area contributed by atoms with E-state index in [1.807, 2.05) is 0 Å². The van der Waals surface area contributed by atoms with Crippen LogP contribution in [0.25, 0.3) is 0 Å². The highest BCUT2D eigenvalue weighted by Gasteiger charge is 2.18. The maximum absolute atomic E-state index is 12.3. The van der Waals surface area contributed by atoms with E-state index in [0.717, 1.165) is 19.4 Å². The van der Waals surface area contributed by atoms with E-state index in [-0.39, 0.29) is 17.9 Å². The van der Waals surface area contributed by atoms with E-state index in [1.54, 1.807) is 24.3 Å². The van der Waals surface area contributed by atoms with Crippen LogP contribution in [0.3, 0.4) is 0 Å². The van der Waals surface area contributed by atoms with Crippen molar-refractivity contribution in [3.63, 3.8) is 0 Å². The van der Waals surface area contributed by atoms with Crippen molar-refractivity contribution in [3.8, 4) is 0 Å². The summed E-state index contributed by atoms with van der Waals surface area (Å²) < 4.78 is 5.35. The summed E-state index contributed by atoms with van der Waals surface area (Å²) in [7, 11) is 0. The summed E-state index contributed by atoms with van der Waals surface area (Å²) >= 11 is 0. The molecule has 1 saturated carbocycles. The third-order valence-corrected chi connectivity index (χ3v) is 4.80. The van der Waals surface area contributed by atoms with Gasteiger partial charge in [0.05, 0.1) is 13.2 Å². The van der Waals surface area contributed by atoms with Crippen molar-refractivity contribution in [1.82, 2.24) is 10.6 Å². The molecule has 25 heavy (non-hydrogen) atoms. The number of benzene rings is 1. The highest BCUT2D eigenvalue weighted by atomic mass is 16.5. The fraction of sp³-hybridized carbons (Fsp3) is 0.579. The number of morpholine rings is 1. The first-order chi connectivity index (χ1) is 12.2. The Morgan fingerprint density at radius 2 is 1.88 bits per heavy atom. The molecule has 1 unspecified atom stereocenters. The average Bonchev–Trinajstić information content (AvgIpc) is 2.64. The molecule has 6 heteroatoms. The van der Waals surface area contributed by atoms with Crippen molar-refractivity contribution in [2.24, 2.45) is 0 Å². The molecule has 0 bridgehead atoms. The second-order valence-electron chi connectivity index (χ2n) is 6.86. The summed E-state index contributed by atoms with van der Waals surface area (Å²) in [6, 6.07) is 7.43. The van der Waals surface area contributed by atoms with Gasteiger partial charge in [-0.25, -0.2) is 0 Å². The molecule has 2 amide bonds. The number of carbonyl (C=O) groups excluding carboxylic acids is 2. The molecule has 1 aliphatic heterocycles. The molecule has 0 radical (unpaired) electrons. The third-order valence-electron chi connectivity index (χ3n) is 4.80. The average molecular weight is 345 g/mol. The summed E-state index contributed by atoms with van der Waals surface area (Å²) in [5.41, 5.74) is 1.34. The molecule has 1 saturated heterocycles. The lowest BCUT2D eigenvalue weighted by molar-refractivity contribution is -0.117. The van der Waals surface area contributed by atoms with Crippen LogP contribution < -0.4 is 16.0 Å². The van der Waals surface area contributed by atoms with Crippen LogP contribution >= 0.6 is 0 Å². The number of nitrogens with one attached hydrogen (secondary N) is 3. The highest BCUT2D eigenvalue weighted by Crippen LogP contribution is 2.18. The normalized spacial score (nSPS) is 21.5. The number of anilines is 1. The Morgan fingerprint density at radius 1 is 1.12 bits per heavy atom. The van der Waals surface area contributed by atoms with Crippen LogP contribution in [0.15, 0.2) is 24.3 Å². The summed E-state index contributed by atoms with van der Waals surface area (Å²) in [5, 5.41) is 9.23. The Kier molecular flexibility index (Phi) is 6.42. The fourth-order valence-corrected chi connectivity index (χ4v) is 3.41. The topological polar surface area (TPSA) is 79.5 Å². The van der Waals surface area contributed by atoms with Gasteiger partial charge < -0.3 is 20.7 Å². The molecule has 2 fully saturated rings. The molecule has 0 spiro atoms. The Labute approximate surface area is 148 Å². The lowest BCUT2D eigenvalue weighted by atomic mass is 9.95. The molecule has 136 valence electrons. The number of ether oxygens (including phenoxy) is 1. The molecular formula is C19H27N3O3. The van der Waals surface area contributed by atoms with Gasteiger partial charge in [-0.1, -0.05) is 19.3 Å². The zero-order valence-corrected chi connectivity index (χ0v) is 14.6. The monoisotopic (exact) mass is 345 g/mol. The minimum absolute atomic E-state index is 0.0340. The van der Waals surface area contributed by atoms with Gasteiger partial charge in [0.15, 0.2) is 0 Å². The molecule has 1 heterocycles. The predicted molar refractivity (Wildman–Crippen MR) is 96.6 cm³/mol. The first-order valence-corrected chi connectivity index (χ1v) is 9.22. The van der Waals surface area contributed by atoms with Gasteiger partial charge in [-0.15, -0.1) is 0 Å². The predicted octanol–water partition coefficient (Wildman–Crippen LogP) is 2.07. The van der Waals surface area contributed by atoms with Crippen LogP contribution in [0.1, 0.15) is 48.9 Å². The summed E-state index contributed by atoms with van der Waals surface area (Å²) in [4.78, 5) is 24.4. The minimum Gasteiger partial charge on any atom is -0.378 e. The van der Waals surface area contributed by atoms with Crippen LogP contribution in [-0.4, -0.2) is 43.7 Å². The quantitative estimate of drug-likeness (QED) is 0.763. The van der Waals surface area contributed by atoms with E-state index in [0.29, 0.717) is 36.9 Å². The van der Waals surface area contributed by atoms with E-state index in [4.69, 9.17) is 4.74 Å². The second kappa shape index (κ2) is 8.97. The summed E-state index contributed by atoms with van der Waals surface area (Å²) in [5.74, 6) is -0.0873. The standard InChI is InChI=1S/C19H27N3O3/c23-18(12-17-13-25-11-10-20-17)21-16-8-6-14(7-9-16)19(24)22-15-4-2-1-3-5-15/h6-9,15,17,20H,1-5,10-13H2,(H,21,23)(H,22,24). The molecule has 1 aliphatic carbocycles. The zero-order chi connectivity index (χ0) is 17.5. The Morgan fingerprint density at radius 3 is 2.56 bits per heavy atom.